The number of carbonyl (C=O) groups is 1. The second-order valence-electron chi connectivity index (χ2n) is 8.66. The molecule has 7 nitrogen and oxygen atoms in total. The van der Waals surface area contributed by atoms with Gasteiger partial charge in [0.15, 0.2) is 5.82 Å². The summed E-state index contributed by atoms with van der Waals surface area (Å²) in [5.41, 5.74) is -2.91. The number of fused-ring (bicyclic) bond motifs is 1. The van der Waals surface area contributed by atoms with Gasteiger partial charge >= 0.3 is 5.97 Å². The first-order valence-corrected chi connectivity index (χ1v) is 10.1. The lowest BCUT2D eigenvalue weighted by Crippen LogP contribution is -2.45. The van der Waals surface area contributed by atoms with E-state index < -0.39 is 34.2 Å². The summed E-state index contributed by atoms with van der Waals surface area (Å²) >= 11 is 0. The zero-order valence-corrected chi connectivity index (χ0v) is 16.9. The number of anilines is 1. The molecule has 2 heterocycles. The Bertz CT molecular complexity index is 1080. The Morgan fingerprint density at radius 3 is 2.67 bits per heavy atom. The number of halogens is 2. The Morgan fingerprint density at radius 1 is 1.37 bits per heavy atom. The van der Waals surface area contributed by atoms with Crippen molar-refractivity contribution < 1.29 is 23.8 Å². The van der Waals surface area contributed by atoms with E-state index in [-0.39, 0.29) is 41.8 Å². The second kappa shape index (κ2) is 7.31. The number of benzene rings is 1. The first-order valence-electron chi connectivity index (χ1n) is 10.1. The van der Waals surface area contributed by atoms with Gasteiger partial charge < -0.3 is 25.0 Å². The van der Waals surface area contributed by atoms with E-state index in [2.05, 4.69) is 5.32 Å². The predicted molar refractivity (Wildman–Crippen MR) is 108 cm³/mol. The number of hydrogen-bond acceptors (Lipinski definition) is 5. The van der Waals surface area contributed by atoms with Gasteiger partial charge in [-0.25, -0.2) is 13.6 Å². The first kappa shape index (κ1) is 20.7. The number of aliphatic hydroxyl groups is 1. The van der Waals surface area contributed by atoms with Crippen LogP contribution in [0.2, 0.25) is 0 Å². The maximum atomic E-state index is 15.6. The number of nitrogens with one attached hydrogen (secondary N) is 1. The van der Waals surface area contributed by atoms with E-state index in [1.165, 1.54) is 9.47 Å². The third kappa shape index (κ3) is 3.56. The van der Waals surface area contributed by atoms with Crippen molar-refractivity contribution in [3.63, 3.8) is 0 Å². The Labute approximate surface area is 171 Å². The fourth-order valence-electron chi connectivity index (χ4n) is 4.10. The van der Waals surface area contributed by atoms with Crippen LogP contribution < -0.4 is 15.6 Å². The summed E-state index contributed by atoms with van der Waals surface area (Å²) in [4.78, 5) is 25.5. The number of β-amino-alcohol motifs (C(OH)–C–C–N with tert-alkyl or cyclic N) is 1. The van der Waals surface area contributed by atoms with Crippen molar-refractivity contribution in [2.75, 3.05) is 24.5 Å². The molecule has 2 aromatic rings. The highest BCUT2D eigenvalue weighted by Gasteiger charge is 2.39. The summed E-state index contributed by atoms with van der Waals surface area (Å²) < 4.78 is 32.1. The highest BCUT2D eigenvalue weighted by molar-refractivity contribution is 5.94. The van der Waals surface area contributed by atoms with Crippen molar-refractivity contribution in [3.8, 4) is 0 Å². The van der Waals surface area contributed by atoms with Crippen LogP contribution in [-0.2, 0) is 0 Å². The minimum absolute atomic E-state index is 0.0485. The molecule has 1 unspecified atom stereocenters. The number of hydrogen-bond donors (Lipinski definition) is 3. The molecule has 1 saturated carbocycles. The number of aromatic nitrogens is 1. The van der Waals surface area contributed by atoms with E-state index in [1.807, 2.05) is 13.8 Å². The SMILES string of the molecule is CC(C)NCC1(O)CCN(c2c(F)cc3c(=O)c(C(=O)O)cn(C4CC4)c3c2F)C1. The lowest BCUT2D eigenvalue weighted by atomic mass is 10.0. The van der Waals surface area contributed by atoms with Gasteiger partial charge in [0, 0.05) is 37.9 Å². The molecule has 1 aromatic carbocycles. The zero-order valence-electron chi connectivity index (χ0n) is 16.9. The first-order chi connectivity index (χ1) is 14.1. The van der Waals surface area contributed by atoms with E-state index in [1.54, 1.807) is 0 Å². The van der Waals surface area contributed by atoms with Crippen molar-refractivity contribution in [1.29, 1.82) is 0 Å². The van der Waals surface area contributed by atoms with E-state index in [4.69, 9.17) is 0 Å². The van der Waals surface area contributed by atoms with Crippen molar-refractivity contribution in [3.05, 3.63) is 39.7 Å². The minimum Gasteiger partial charge on any atom is -0.477 e. The summed E-state index contributed by atoms with van der Waals surface area (Å²) in [5.74, 6) is -3.27. The number of rotatable bonds is 6. The van der Waals surface area contributed by atoms with Gasteiger partial charge in [-0.15, -0.1) is 0 Å². The maximum Gasteiger partial charge on any atom is 0.341 e. The number of carboxylic acid groups (broad SMARTS) is 1. The van der Waals surface area contributed by atoms with Crippen LogP contribution in [0, 0.1) is 11.6 Å². The summed E-state index contributed by atoms with van der Waals surface area (Å²) in [7, 11) is 0. The summed E-state index contributed by atoms with van der Waals surface area (Å²) in [6.07, 6.45) is 2.96. The van der Waals surface area contributed by atoms with E-state index in [0.717, 1.165) is 25.1 Å². The van der Waals surface area contributed by atoms with Gasteiger partial charge in [0.05, 0.1) is 16.5 Å². The van der Waals surface area contributed by atoms with Gasteiger partial charge in [0.2, 0.25) is 5.43 Å². The van der Waals surface area contributed by atoms with E-state index in [9.17, 15) is 24.2 Å². The molecule has 30 heavy (non-hydrogen) atoms. The molecule has 1 aliphatic carbocycles. The molecular formula is C21H25F2N3O4. The molecule has 1 aliphatic heterocycles. The molecule has 0 bridgehead atoms. The van der Waals surface area contributed by atoms with Gasteiger partial charge in [-0.1, -0.05) is 13.8 Å². The Kier molecular flexibility index (Phi) is 5.06. The van der Waals surface area contributed by atoms with Crippen molar-refractivity contribution in [2.24, 2.45) is 0 Å². The summed E-state index contributed by atoms with van der Waals surface area (Å²) in [6.45, 7) is 4.50. The molecule has 4 rings (SSSR count). The number of carboxylic acids is 1. The summed E-state index contributed by atoms with van der Waals surface area (Å²) in [5, 5.41) is 23.0. The van der Waals surface area contributed by atoms with Gasteiger partial charge in [-0.3, -0.25) is 4.79 Å². The van der Waals surface area contributed by atoms with E-state index >= 15 is 4.39 Å². The third-order valence-electron chi connectivity index (χ3n) is 5.84. The number of pyridine rings is 1. The third-order valence-corrected chi connectivity index (χ3v) is 5.84. The number of aromatic carboxylic acids is 1. The number of nitrogens with zero attached hydrogens (tertiary/aromatic N) is 2. The van der Waals surface area contributed by atoms with Gasteiger partial charge in [0.1, 0.15) is 17.1 Å². The van der Waals surface area contributed by atoms with Crippen molar-refractivity contribution in [1.82, 2.24) is 9.88 Å². The van der Waals surface area contributed by atoms with Crippen LogP contribution in [0.15, 0.2) is 17.1 Å². The molecule has 0 amide bonds. The van der Waals surface area contributed by atoms with Crippen LogP contribution in [-0.4, -0.2) is 52.0 Å². The van der Waals surface area contributed by atoms with Crippen molar-refractivity contribution >= 4 is 22.6 Å². The zero-order chi connectivity index (χ0) is 21.8. The lowest BCUT2D eigenvalue weighted by molar-refractivity contribution is 0.0609. The molecule has 9 heteroatoms. The van der Waals surface area contributed by atoms with Gasteiger partial charge in [-0.05, 0) is 25.3 Å². The standard InChI is InChI=1S/C21H25F2N3O4/c1-11(2)24-9-21(30)5-6-25(10-21)18-15(22)7-13-17(16(18)23)26(12-3-4-12)8-14(19(13)27)20(28)29/h7-8,11-12,24,30H,3-6,9-10H2,1-2H3,(H,28,29). The molecule has 3 N–H and O–H groups in total. The van der Waals surface area contributed by atoms with Gasteiger partial charge in [-0.2, -0.15) is 0 Å². The maximum absolute atomic E-state index is 15.6. The molecule has 1 aromatic heterocycles. The average molecular weight is 421 g/mol. The topological polar surface area (TPSA) is 94.8 Å². The monoisotopic (exact) mass is 421 g/mol. The lowest BCUT2D eigenvalue weighted by Gasteiger charge is -2.26. The van der Waals surface area contributed by atoms with Crippen LogP contribution in [0.5, 0.6) is 0 Å². The normalized spacial score (nSPS) is 21.7. The minimum atomic E-state index is -1.43. The van der Waals surface area contributed by atoms with E-state index in [0.29, 0.717) is 13.0 Å². The quantitative estimate of drug-likeness (QED) is 0.662. The highest BCUT2D eigenvalue weighted by Crippen LogP contribution is 2.40. The fraction of sp³-hybridized carbons (Fsp3) is 0.524. The average Bonchev–Trinajstić information content (AvgIpc) is 3.44. The Hall–Kier alpha value is -2.52. The predicted octanol–water partition coefficient (Wildman–Crippen LogP) is 2.25. The highest BCUT2D eigenvalue weighted by atomic mass is 19.1. The molecule has 2 fully saturated rings. The van der Waals surface area contributed by atoms with Crippen molar-refractivity contribution in [2.45, 2.75) is 50.8 Å². The molecular weight excluding hydrogens is 396 g/mol. The van der Waals surface area contributed by atoms with Crippen LogP contribution in [0.4, 0.5) is 14.5 Å². The summed E-state index contributed by atoms with van der Waals surface area (Å²) in [6, 6.07) is 0.962. The Balaban J connectivity index is 1.81. The van der Waals surface area contributed by atoms with Crippen LogP contribution in [0.1, 0.15) is 49.5 Å². The van der Waals surface area contributed by atoms with Crippen LogP contribution >= 0.6 is 0 Å². The van der Waals surface area contributed by atoms with Crippen LogP contribution in [0.3, 0.4) is 0 Å². The fourth-order valence-corrected chi connectivity index (χ4v) is 4.10. The van der Waals surface area contributed by atoms with Crippen LogP contribution in [0.25, 0.3) is 10.9 Å². The smallest absolute Gasteiger partial charge is 0.341 e. The van der Waals surface area contributed by atoms with Gasteiger partial charge in [0.25, 0.3) is 0 Å². The molecule has 0 spiro atoms. The molecule has 162 valence electrons. The largest absolute Gasteiger partial charge is 0.477 e. The molecule has 0 radical (unpaired) electrons. The Morgan fingerprint density at radius 2 is 2.07 bits per heavy atom. The molecule has 1 saturated heterocycles. The molecule has 1 atom stereocenters. The second-order valence-corrected chi connectivity index (χ2v) is 8.66. The molecule has 2 aliphatic rings.